The van der Waals surface area contributed by atoms with Gasteiger partial charge in [0, 0.05) is 17.8 Å². The second-order valence-corrected chi connectivity index (χ2v) is 5.68. The molecule has 1 saturated carbocycles. The second kappa shape index (κ2) is 7.80. The highest BCUT2D eigenvalue weighted by atomic mass is 16.2. The molecule has 1 amide bonds. The summed E-state index contributed by atoms with van der Waals surface area (Å²) in [5.41, 5.74) is 1.12. The Morgan fingerprint density at radius 3 is 2.95 bits per heavy atom. The summed E-state index contributed by atoms with van der Waals surface area (Å²) in [6, 6.07) is 3.69. The lowest BCUT2D eigenvalue weighted by Crippen LogP contribution is -2.34. The Morgan fingerprint density at radius 2 is 2.24 bits per heavy atom. The van der Waals surface area contributed by atoms with E-state index in [0.29, 0.717) is 11.3 Å². The molecular weight excluding hydrogens is 264 g/mol. The summed E-state index contributed by atoms with van der Waals surface area (Å²) in [5.74, 6) is 5.96. The quantitative estimate of drug-likeness (QED) is 0.646. The number of rotatable bonds is 2. The van der Waals surface area contributed by atoms with Crippen molar-refractivity contribution >= 4 is 5.91 Å². The first kappa shape index (κ1) is 15.5. The van der Waals surface area contributed by atoms with E-state index in [1.54, 1.807) is 18.3 Å². The number of nitrogens with zero attached hydrogens (tertiary/aromatic N) is 1. The molecule has 2 N–H and O–H groups in total. The van der Waals surface area contributed by atoms with Crippen LogP contribution < -0.4 is 5.32 Å². The summed E-state index contributed by atoms with van der Waals surface area (Å²) in [6.07, 6.45) is 7.27. The number of pyridine rings is 1. The van der Waals surface area contributed by atoms with Crippen molar-refractivity contribution in [3.63, 3.8) is 0 Å². The number of amides is 1. The van der Waals surface area contributed by atoms with Crippen LogP contribution in [0.4, 0.5) is 0 Å². The first-order valence-corrected chi connectivity index (χ1v) is 7.55. The lowest BCUT2D eigenvalue weighted by molar-refractivity contribution is 0.0928. The summed E-state index contributed by atoms with van der Waals surface area (Å²) in [4.78, 5) is 16.3. The van der Waals surface area contributed by atoms with Gasteiger partial charge in [-0.1, -0.05) is 31.6 Å². The van der Waals surface area contributed by atoms with Crippen molar-refractivity contribution in [1.29, 1.82) is 0 Å². The van der Waals surface area contributed by atoms with Gasteiger partial charge < -0.3 is 10.4 Å². The lowest BCUT2D eigenvalue weighted by atomic mass is 10.0. The van der Waals surface area contributed by atoms with Crippen molar-refractivity contribution in [1.82, 2.24) is 10.3 Å². The Balaban J connectivity index is 1.93. The van der Waals surface area contributed by atoms with Gasteiger partial charge in [-0.05, 0) is 37.3 Å². The van der Waals surface area contributed by atoms with Gasteiger partial charge in [-0.15, -0.1) is 0 Å². The van der Waals surface area contributed by atoms with Crippen LogP contribution in [0.1, 0.15) is 55.1 Å². The number of aromatic nitrogens is 1. The van der Waals surface area contributed by atoms with Crippen LogP contribution in [-0.4, -0.2) is 28.6 Å². The number of carbonyl (C=O) groups excluding carboxylic acids is 1. The number of aliphatic hydroxyl groups is 1. The molecule has 1 heterocycles. The molecule has 0 bridgehead atoms. The third kappa shape index (κ3) is 4.87. The van der Waals surface area contributed by atoms with Crippen LogP contribution >= 0.6 is 0 Å². The predicted octanol–water partition coefficient (Wildman–Crippen LogP) is 2.12. The van der Waals surface area contributed by atoms with Crippen LogP contribution in [0, 0.1) is 17.8 Å². The number of aliphatic hydroxyl groups excluding tert-OH is 1. The molecular formula is C17H22N2O2. The topological polar surface area (TPSA) is 62.2 Å². The van der Waals surface area contributed by atoms with Gasteiger partial charge >= 0.3 is 0 Å². The van der Waals surface area contributed by atoms with Crippen LogP contribution in [0.2, 0.25) is 0 Å². The van der Waals surface area contributed by atoms with Gasteiger partial charge in [-0.2, -0.15) is 0 Å². The van der Waals surface area contributed by atoms with Crippen LogP contribution in [0.15, 0.2) is 18.3 Å². The number of hydrogen-bond acceptors (Lipinski definition) is 3. The van der Waals surface area contributed by atoms with E-state index in [9.17, 15) is 4.79 Å². The molecule has 0 spiro atoms. The van der Waals surface area contributed by atoms with Crippen LogP contribution in [0.25, 0.3) is 0 Å². The van der Waals surface area contributed by atoms with Gasteiger partial charge in [0.1, 0.15) is 12.3 Å². The molecule has 1 aromatic rings. The molecule has 112 valence electrons. The minimum absolute atomic E-state index is 0.115. The Bertz CT molecular complexity index is 528. The van der Waals surface area contributed by atoms with E-state index in [-0.39, 0.29) is 18.6 Å². The van der Waals surface area contributed by atoms with Crippen molar-refractivity contribution in [2.45, 2.75) is 45.1 Å². The SMILES string of the molecule is CC1CCCC(NC(=O)c2ccc(C#CCO)cn2)CC1. The molecule has 0 saturated heterocycles. The zero-order valence-electron chi connectivity index (χ0n) is 12.4. The fourth-order valence-corrected chi connectivity index (χ4v) is 2.63. The van der Waals surface area contributed by atoms with Crippen LogP contribution in [0.5, 0.6) is 0 Å². The summed E-state index contributed by atoms with van der Waals surface area (Å²) >= 11 is 0. The van der Waals surface area contributed by atoms with E-state index in [1.807, 2.05) is 0 Å². The fourth-order valence-electron chi connectivity index (χ4n) is 2.63. The molecule has 2 rings (SSSR count). The summed E-state index contributed by atoms with van der Waals surface area (Å²) < 4.78 is 0. The Morgan fingerprint density at radius 1 is 1.38 bits per heavy atom. The maximum atomic E-state index is 12.2. The molecule has 1 aliphatic carbocycles. The van der Waals surface area contributed by atoms with Gasteiger partial charge in [-0.25, -0.2) is 4.98 Å². The van der Waals surface area contributed by atoms with Gasteiger partial charge in [-0.3, -0.25) is 4.79 Å². The highest BCUT2D eigenvalue weighted by Crippen LogP contribution is 2.22. The van der Waals surface area contributed by atoms with Crippen molar-refractivity contribution in [3.05, 3.63) is 29.6 Å². The molecule has 0 aliphatic heterocycles. The molecule has 1 aliphatic rings. The van der Waals surface area contributed by atoms with Crippen LogP contribution in [0.3, 0.4) is 0 Å². The van der Waals surface area contributed by atoms with Crippen LogP contribution in [-0.2, 0) is 0 Å². The van der Waals surface area contributed by atoms with Crippen molar-refractivity contribution in [3.8, 4) is 11.8 Å². The average molecular weight is 286 g/mol. The van der Waals surface area contributed by atoms with E-state index < -0.39 is 0 Å². The third-order valence-electron chi connectivity index (χ3n) is 3.90. The minimum Gasteiger partial charge on any atom is -0.384 e. The molecule has 2 unspecified atom stereocenters. The largest absolute Gasteiger partial charge is 0.384 e. The van der Waals surface area contributed by atoms with Gasteiger partial charge in [0.05, 0.1) is 0 Å². The lowest BCUT2D eigenvalue weighted by Gasteiger charge is -2.16. The summed E-state index contributed by atoms with van der Waals surface area (Å²) in [6.45, 7) is 2.10. The number of hydrogen-bond donors (Lipinski definition) is 2. The van der Waals surface area contributed by atoms with E-state index in [4.69, 9.17) is 5.11 Å². The molecule has 1 fully saturated rings. The smallest absolute Gasteiger partial charge is 0.270 e. The molecule has 0 radical (unpaired) electrons. The molecule has 4 heteroatoms. The highest BCUT2D eigenvalue weighted by Gasteiger charge is 2.18. The molecule has 1 aromatic heterocycles. The van der Waals surface area contributed by atoms with E-state index in [0.717, 1.165) is 18.8 Å². The standard InChI is InChI=1S/C17H22N2O2/c1-13-4-2-6-15(9-7-13)19-17(21)16-10-8-14(12-18-16)5-3-11-20/h8,10,12-13,15,20H,2,4,6-7,9,11H2,1H3,(H,19,21). The predicted molar refractivity (Wildman–Crippen MR) is 81.7 cm³/mol. The summed E-state index contributed by atoms with van der Waals surface area (Å²) in [7, 11) is 0. The van der Waals surface area contributed by atoms with E-state index in [1.165, 1.54) is 19.3 Å². The molecule has 2 atom stereocenters. The second-order valence-electron chi connectivity index (χ2n) is 5.68. The normalized spacial score (nSPS) is 21.8. The maximum absolute atomic E-state index is 12.2. The number of carbonyl (C=O) groups is 1. The van der Waals surface area contributed by atoms with Crippen molar-refractivity contribution in [2.24, 2.45) is 5.92 Å². The number of nitrogens with one attached hydrogen (secondary N) is 1. The third-order valence-corrected chi connectivity index (χ3v) is 3.90. The van der Waals surface area contributed by atoms with Gasteiger partial charge in [0.15, 0.2) is 0 Å². The van der Waals surface area contributed by atoms with E-state index in [2.05, 4.69) is 29.1 Å². The Labute approximate surface area is 126 Å². The van der Waals surface area contributed by atoms with Crippen molar-refractivity contribution in [2.75, 3.05) is 6.61 Å². The van der Waals surface area contributed by atoms with Gasteiger partial charge in [0.25, 0.3) is 5.91 Å². The first-order valence-electron chi connectivity index (χ1n) is 7.55. The molecule has 21 heavy (non-hydrogen) atoms. The average Bonchev–Trinajstić information content (AvgIpc) is 2.70. The first-order chi connectivity index (χ1) is 10.2. The zero-order valence-corrected chi connectivity index (χ0v) is 12.4. The Hall–Kier alpha value is -1.86. The van der Waals surface area contributed by atoms with E-state index >= 15 is 0 Å². The zero-order chi connectivity index (χ0) is 15.1. The van der Waals surface area contributed by atoms with Crippen molar-refractivity contribution < 1.29 is 9.90 Å². The molecule has 0 aromatic carbocycles. The molecule has 4 nitrogen and oxygen atoms in total. The maximum Gasteiger partial charge on any atom is 0.270 e. The fraction of sp³-hybridized carbons (Fsp3) is 0.529. The monoisotopic (exact) mass is 286 g/mol. The Kier molecular flexibility index (Phi) is 5.77. The highest BCUT2D eigenvalue weighted by molar-refractivity contribution is 5.92. The summed E-state index contributed by atoms with van der Waals surface area (Å²) in [5, 5.41) is 11.7. The van der Waals surface area contributed by atoms with Gasteiger partial charge in [0.2, 0.25) is 0 Å². The minimum atomic E-state index is -0.178.